The Labute approximate surface area is 229 Å². The molecule has 0 saturated heterocycles. The van der Waals surface area contributed by atoms with E-state index in [2.05, 4.69) is 10.6 Å². The third-order valence-electron chi connectivity index (χ3n) is 5.61. The lowest BCUT2D eigenvalue weighted by Crippen LogP contribution is -2.32. The van der Waals surface area contributed by atoms with Crippen LogP contribution in [0, 0.1) is 0 Å². The van der Waals surface area contributed by atoms with Gasteiger partial charge in [-0.1, -0.05) is 23.2 Å². The van der Waals surface area contributed by atoms with Gasteiger partial charge in [0.1, 0.15) is 22.2 Å². The summed E-state index contributed by atoms with van der Waals surface area (Å²) in [5.74, 6) is -1.64. The highest BCUT2D eigenvalue weighted by Crippen LogP contribution is 2.38. The number of rotatable bonds is 7. The maximum atomic E-state index is 13.2. The van der Waals surface area contributed by atoms with Crippen molar-refractivity contribution >= 4 is 58.0 Å². The minimum absolute atomic E-state index is 0.0714. The second kappa shape index (κ2) is 10.9. The van der Waals surface area contributed by atoms with Crippen molar-refractivity contribution in [3.63, 3.8) is 0 Å². The van der Waals surface area contributed by atoms with E-state index in [1.807, 2.05) is 0 Å². The SMILES string of the molecule is COc1ccc(OC)c(N2C(=O)C(Cl)=C(Nc3ccc(C(=O)Nc4cc(C(F)(F)F)ccc4Cl)cc3)C2=O)c1. The first-order chi connectivity index (χ1) is 18.4. The number of carbonyl (C=O) groups is 3. The zero-order chi connectivity index (χ0) is 28.5. The van der Waals surface area contributed by atoms with Gasteiger partial charge in [-0.05, 0) is 54.6 Å². The summed E-state index contributed by atoms with van der Waals surface area (Å²) in [7, 11) is 2.80. The molecular formula is C26H18Cl2F3N3O5. The number of halogens is 5. The molecule has 13 heteroatoms. The van der Waals surface area contributed by atoms with E-state index in [0.29, 0.717) is 11.4 Å². The molecule has 0 atom stereocenters. The third-order valence-corrected chi connectivity index (χ3v) is 6.29. The van der Waals surface area contributed by atoms with Crippen LogP contribution in [0.3, 0.4) is 0 Å². The highest BCUT2D eigenvalue weighted by molar-refractivity contribution is 6.53. The highest BCUT2D eigenvalue weighted by atomic mass is 35.5. The number of anilines is 3. The van der Waals surface area contributed by atoms with E-state index in [-0.39, 0.29) is 38.4 Å². The predicted molar refractivity (Wildman–Crippen MR) is 139 cm³/mol. The lowest BCUT2D eigenvalue weighted by atomic mass is 10.1. The molecule has 8 nitrogen and oxygen atoms in total. The third kappa shape index (κ3) is 5.64. The Bertz CT molecular complexity index is 1510. The molecule has 1 aliphatic heterocycles. The normalized spacial score (nSPS) is 13.6. The Morgan fingerprint density at radius 1 is 0.897 bits per heavy atom. The van der Waals surface area contributed by atoms with Crippen molar-refractivity contribution in [1.82, 2.24) is 0 Å². The van der Waals surface area contributed by atoms with Gasteiger partial charge in [0.05, 0.1) is 36.2 Å². The first-order valence-corrected chi connectivity index (χ1v) is 11.8. The van der Waals surface area contributed by atoms with Crippen LogP contribution in [-0.4, -0.2) is 31.9 Å². The molecule has 0 bridgehead atoms. The summed E-state index contributed by atoms with van der Waals surface area (Å²) in [5.41, 5.74) is -0.869. The Morgan fingerprint density at radius 3 is 2.21 bits per heavy atom. The number of benzene rings is 3. The second-order valence-corrected chi connectivity index (χ2v) is 8.81. The van der Waals surface area contributed by atoms with Crippen LogP contribution in [-0.2, 0) is 15.8 Å². The van der Waals surface area contributed by atoms with E-state index < -0.39 is 29.5 Å². The summed E-state index contributed by atoms with van der Waals surface area (Å²) < 4.78 is 49.5. The number of imide groups is 1. The minimum Gasteiger partial charge on any atom is -0.497 e. The van der Waals surface area contributed by atoms with Gasteiger partial charge in [-0.25, -0.2) is 4.90 Å². The molecule has 0 aliphatic carbocycles. The lowest BCUT2D eigenvalue weighted by Gasteiger charge is -2.19. The molecule has 39 heavy (non-hydrogen) atoms. The summed E-state index contributed by atoms with van der Waals surface area (Å²) in [4.78, 5) is 39.5. The number of nitrogens with one attached hydrogen (secondary N) is 2. The highest BCUT2D eigenvalue weighted by Gasteiger charge is 2.40. The van der Waals surface area contributed by atoms with Crippen LogP contribution in [0.5, 0.6) is 11.5 Å². The van der Waals surface area contributed by atoms with Crippen LogP contribution in [0.15, 0.2) is 71.4 Å². The van der Waals surface area contributed by atoms with Crippen molar-refractivity contribution in [2.75, 3.05) is 29.8 Å². The number of nitrogens with zero attached hydrogens (tertiary/aromatic N) is 1. The van der Waals surface area contributed by atoms with Crippen LogP contribution in [0.4, 0.5) is 30.2 Å². The van der Waals surface area contributed by atoms with Crippen molar-refractivity contribution in [3.8, 4) is 11.5 Å². The minimum atomic E-state index is -4.61. The monoisotopic (exact) mass is 579 g/mol. The molecule has 3 amide bonds. The maximum Gasteiger partial charge on any atom is 0.416 e. The molecule has 0 aromatic heterocycles. The topological polar surface area (TPSA) is 97.0 Å². The van der Waals surface area contributed by atoms with Crippen molar-refractivity contribution in [2.24, 2.45) is 0 Å². The number of carbonyl (C=O) groups excluding carboxylic acids is 3. The molecule has 0 saturated carbocycles. The average molecular weight is 580 g/mol. The molecular weight excluding hydrogens is 562 g/mol. The smallest absolute Gasteiger partial charge is 0.416 e. The molecule has 202 valence electrons. The van der Waals surface area contributed by atoms with Gasteiger partial charge in [0, 0.05) is 17.3 Å². The average Bonchev–Trinajstić information content (AvgIpc) is 3.12. The van der Waals surface area contributed by atoms with E-state index in [4.69, 9.17) is 32.7 Å². The second-order valence-electron chi connectivity index (χ2n) is 8.02. The van der Waals surface area contributed by atoms with E-state index in [1.165, 1.54) is 50.6 Å². The van der Waals surface area contributed by atoms with Gasteiger partial charge in [0.2, 0.25) is 0 Å². The van der Waals surface area contributed by atoms with Gasteiger partial charge in [0.25, 0.3) is 17.7 Å². The first-order valence-electron chi connectivity index (χ1n) is 11.0. The maximum absolute atomic E-state index is 13.2. The van der Waals surface area contributed by atoms with E-state index in [1.54, 1.807) is 6.07 Å². The molecule has 3 aromatic carbocycles. The van der Waals surface area contributed by atoms with E-state index >= 15 is 0 Å². The van der Waals surface area contributed by atoms with Gasteiger partial charge in [-0.3, -0.25) is 14.4 Å². The summed E-state index contributed by atoms with van der Waals surface area (Å²) in [6.07, 6.45) is -4.61. The Morgan fingerprint density at radius 2 is 1.59 bits per heavy atom. The van der Waals surface area contributed by atoms with E-state index in [0.717, 1.165) is 23.1 Å². The fourth-order valence-electron chi connectivity index (χ4n) is 3.64. The number of methoxy groups -OCH3 is 2. The van der Waals surface area contributed by atoms with Crippen molar-refractivity contribution in [3.05, 3.63) is 87.5 Å². The van der Waals surface area contributed by atoms with Gasteiger partial charge >= 0.3 is 6.18 Å². The molecule has 0 radical (unpaired) electrons. The Hall–Kier alpha value is -4.22. The largest absolute Gasteiger partial charge is 0.497 e. The van der Waals surface area contributed by atoms with Crippen molar-refractivity contribution in [2.45, 2.75) is 6.18 Å². The summed E-state index contributed by atoms with van der Waals surface area (Å²) >= 11 is 12.1. The van der Waals surface area contributed by atoms with E-state index in [9.17, 15) is 27.6 Å². The van der Waals surface area contributed by atoms with Crippen LogP contribution in [0.1, 0.15) is 15.9 Å². The Balaban J connectivity index is 1.52. The summed E-state index contributed by atoms with van der Waals surface area (Å²) in [6, 6.07) is 12.7. The number of alkyl halides is 3. The van der Waals surface area contributed by atoms with Crippen LogP contribution in [0.2, 0.25) is 5.02 Å². The molecule has 2 N–H and O–H groups in total. The van der Waals surface area contributed by atoms with Crippen LogP contribution >= 0.6 is 23.2 Å². The van der Waals surface area contributed by atoms with Gasteiger partial charge in [0.15, 0.2) is 0 Å². The fraction of sp³-hybridized carbons (Fsp3) is 0.115. The lowest BCUT2D eigenvalue weighted by molar-refractivity contribution is -0.137. The van der Waals surface area contributed by atoms with Gasteiger partial charge in [-0.15, -0.1) is 0 Å². The molecule has 0 fully saturated rings. The number of ether oxygens (including phenoxy) is 2. The van der Waals surface area contributed by atoms with Gasteiger partial charge in [-0.2, -0.15) is 13.2 Å². The zero-order valence-corrected chi connectivity index (χ0v) is 21.7. The van der Waals surface area contributed by atoms with Crippen LogP contribution in [0.25, 0.3) is 0 Å². The van der Waals surface area contributed by atoms with Gasteiger partial charge < -0.3 is 20.1 Å². The van der Waals surface area contributed by atoms with Crippen LogP contribution < -0.4 is 25.0 Å². The molecule has 4 rings (SSSR count). The molecule has 3 aromatic rings. The summed E-state index contributed by atoms with van der Waals surface area (Å²) in [6.45, 7) is 0. The number of hydrogen-bond donors (Lipinski definition) is 2. The number of amides is 3. The first kappa shape index (κ1) is 27.8. The molecule has 1 heterocycles. The molecule has 0 spiro atoms. The zero-order valence-electron chi connectivity index (χ0n) is 20.2. The quantitative estimate of drug-likeness (QED) is 0.330. The van der Waals surface area contributed by atoms with Crippen molar-refractivity contribution in [1.29, 1.82) is 0 Å². The fourth-order valence-corrected chi connectivity index (χ4v) is 4.02. The van der Waals surface area contributed by atoms with Crippen molar-refractivity contribution < 1.29 is 37.0 Å². The standard InChI is InChI=1S/C26H18Cl2F3N3O5/c1-38-16-8-10-20(39-2)19(12-16)34-24(36)21(28)22(25(34)37)32-15-6-3-13(4-7-15)23(35)33-18-11-14(26(29,30)31)5-9-17(18)27/h3-12,32H,1-2H3,(H,33,35). The predicted octanol–water partition coefficient (Wildman–Crippen LogP) is 6.06. The number of hydrogen-bond acceptors (Lipinski definition) is 6. The Kier molecular flexibility index (Phi) is 7.75. The molecule has 0 unspecified atom stereocenters. The molecule has 1 aliphatic rings. The summed E-state index contributed by atoms with van der Waals surface area (Å²) in [5, 5.41) is 4.68.